The molecule has 1 atom stereocenters. The van der Waals surface area contributed by atoms with Crippen LogP contribution in [0.3, 0.4) is 0 Å². The number of amidine groups is 2. The lowest BCUT2D eigenvalue weighted by atomic mass is 9.81. The summed E-state index contributed by atoms with van der Waals surface area (Å²) in [6.07, 6.45) is 23.9. The summed E-state index contributed by atoms with van der Waals surface area (Å²) in [6, 6.07) is 17.7. The Balaban J connectivity index is 1.21. The van der Waals surface area contributed by atoms with Crippen molar-refractivity contribution in [1.29, 1.82) is 0 Å². The second kappa shape index (κ2) is 11.3. The Morgan fingerprint density at radius 1 is 0.950 bits per heavy atom. The Kier molecular flexibility index (Phi) is 7.38. The summed E-state index contributed by atoms with van der Waals surface area (Å²) >= 11 is 0. The van der Waals surface area contributed by atoms with Gasteiger partial charge in [0.1, 0.15) is 11.7 Å². The van der Waals surface area contributed by atoms with Crippen molar-refractivity contribution in [2.75, 3.05) is 0 Å². The molecule has 1 heterocycles. The molecule has 1 aliphatic heterocycles. The van der Waals surface area contributed by atoms with Gasteiger partial charge in [-0.15, -0.1) is 0 Å². The number of nitrogens with one attached hydrogen (secondary N) is 1. The zero-order valence-electron chi connectivity index (χ0n) is 24.0. The highest BCUT2D eigenvalue weighted by Gasteiger charge is 2.35. The molecule has 1 N–H and O–H groups in total. The molecule has 0 radical (unpaired) electrons. The van der Waals surface area contributed by atoms with Crippen LogP contribution in [0.5, 0.6) is 0 Å². The Morgan fingerprint density at radius 2 is 1.77 bits per heavy atom. The lowest BCUT2D eigenvalue weighted by Crippen LogP contribution is -2.38. The van der Waals surface area contributed by atoms with E-state index >= 15 is 0 Å². The van der Waals surface area contributed by atoms with Gasteiger partial charge in [-0.3, -0.25) is 0 Å². The Hall–Kier alpha value is -3.98. The van der Waals surface area contributed by atoms with Crippen LogP contribution in [0, 0.1) is 0 Å². The zero-order chi connectivity index (χ0) is 27.5. The summed E-state index contributed by atoms with van der Waals surface area (Å²) in [5, 5.41) is 3.55. The summed E-state index contributed by atoms with van der Waals surface area (Å²) in [6.45, 7) is 6.97. The summed E-state index contributed by atoms with van der Waals surface area (Å²) < 4.78 is 0. The van der Waals surface area contributed by atoms with E-state index in [1.807, 2.05) is 0 Å². The normalized spacial score (nSPS) is 21.5. The first-order valence-electron chi connectivity index (χ1n) is 14.8. The molecule has 4 aliphatic rings. The molecule has 0 spiro atoms. The number of rotatable bonds is 7. The molecule has 2 aromatic rings. The van der Waals surface area contributed by atoms with E-state index in [-0.39, 0.29) is 11.6 Å². The van der Waals surface area contributed by atoms with E-state index in [1.165, 1.54) is 33.4 Å². The van der Waals surface area contributed by atoms with Gasteiger partial charge >= 0.3 is 0 Å². The average molecular weight is 526 g/mol. The van der Waals surface area contributed by atoms with Crippen molar-refractivity contribution in [2.45, 2.75) is 70.9 Å². The van der Waals surface area contributed by atoms with Crippen LogP contribution in [0.25, 0.3) is 5.57 Å². The minimum atomic E-state index is -0.171. The predicted molar refractivity (Wildman–Crippen MR) is 170 cm³/mol. The fourth-order valence-corrected chi connectivity index (χ4v) is 6.29. The minimum Gasteiger partial charge on any atom is -0.324 e. The first-order chi connectivity index (χ1) is 19.5. The Bertz CT molecular complexity index is 1530. The second-order valence-corrected chi connectivity index (χ2v) is 11.5. The maximum atomic E-state index is 5.06. The van der Waals surface area contributed by atoms with E-state index in [2.05, 4.69) is 123 Å². The van der Waals surface area contributed by atoms with Gasteiger partial charge in [-0.05, 0) is 71.9 Å². The molecule has 0 saturated heterocycles. The summed E-state index contributed by atoms with van der Waals surface area (Å²) in [5.41, 5.74) is 10.7. The fraction of sp³-hybridized carbons (Fsp3) is 0.297. The van der Waals surface area contributed by atoms with Gasteiger partial charge in [0.25, 0.3) is 0 Å². The summed E-state index contributed by atoms with van der Waals surface area (Å²) in [4.78, 5) is 10.1. The third kappa shape index (κ3) is 5.13. The molecule has 0 aromatic heterocycles. The molecule has 40 heavy (non-hydrogen) atoms. The van der Waals surface area contributed by atoms with Crippen LogP contribution in [0.1, 0.15) is 75.1 Å². The molecule has 0 amide bonds. The van der Waals surface area contributed by atoms with Crippen molar-refractivity contribution in [2.24, 2.45) is 9.98 Å². The highest BCUT2D eigenvalue weighted by molar-refractivity contribution is 6.16. The molecule has 3 heteroatoms. The second-order valence-electron chi connectivity index (χ2n) is 11.5. The monoisotopic (exact) mass is 525 g/mol. The first kappa shape index (κ1) is 26.3. The van der Waals surface area contributed by atoms with Crippen LogP contribution in [0.4, 0.5) is 0 Å². The SMILES string of the molecule is CCC1=C(/C=C\Cc2ccc(C3=NC(C4=CC=CCC4)N=C(C4=CCCC=C4)N3)cc2)C(C)(C)c2ccccc21. The third-order valence-electron chi connectivity index (χ3n) is 8.53. The van der Waals surface area contributed by atoms with Crippen molar-refractivity contribution in [1.82, 2.24) is 5.32 Å². The maximum Gasteiger partial charge on any atom is 0.166 e. The van der Waals surface area contributed by atoms with Crippen LogP contribution in [-0.2, 0) is 11.8 Å². The van der Waals surface area contributed by atoms with Gasteiger partial charge < -0.3 is 5.32 Å². The van der Waals surface area contributed by atoms with Gasteiger partial charge in [-0.2, -0.15) is 0 Å². The quantitative estimate of drug-likeness (QED) is 0.386. The molecule has 1 unspecified atom stereocenters. The van der Waals surface area contributed by atoms with E-state index < -0.39 is 0 Å². The van der Waals surface area contributed by atoms with Crippen LogP contribution in [-0.4, -0.2) is 17.8 Å². The van der Waals surface area contributed by atoms with Crippen LogP contribution >= 0.6 is 0 Å². The lowest BCUT2D eigenvalue weighted by molar-refractivity contribution is 0.653. The van der Waals surface area contributed by atoms with Gasteiger partial charge in [0, 0.05) is 16.6 Å². The molecule has 0 saturated carbocycles. The van der Waals surface area contributed by atoms with Crippen molar-refractivity contribution in [3.05, 3.63) is 136 Å². The van der Waals surface area contributed by atoms with E-state index in [9.17, 15) is 0 Å². The number of nitrogens with zero attached hydrogens (tertiary/aromatic N) is 2. The molecule has 6 rings (SSSR count). The molecule has 202 valence electrons. The predicted octanol–water partition coefficient (Wildman–Crippen LogP) is 8.57. The van der Waals surface area contributed by atoms with Gasteiger partial charge in [0.2, 0.25) is 0 Å². The molecule has 0 fully saturated rings. The minimum absolute atomic E-state index is 0.0371. The number of hydrogen-bond donors (Lipinski definition) is 1. The summed E-state index contributed by atoms with van der Waals surface area (Å²) in [5.74, 6) is 1.82. The maximum absolute atomic E-state index is 5.06. The molecular weight excluding hydrogens is 486 g/mol. The lowest BCUT2D eigenvalue weighted by Gasteiger charge is -2.25. The van der Waals surface area contributed by atoms with Gasteiger partial charge in [-0.25, -0.2) is 9.98 Å². The number of aliphatic imine (C=N–C) groups is 2. The zero-order valence-corrected chi connectivity index (χ0v) is 24.0. The molecule has 2 aromatic carbocycles. The van der Waals surface area contributed by atoms with Gasteiger partial charge in [-0.1, -0.05) is 118 Å². The summed E-state index contributed by atoms with van der Waals surface area (Å²) in [7, 11) is 0. The van der Waals surface area contributed by atoms with E-state index in [1.54, 1.807) is 0 Å². The number of hydrogen-bond acceptors (Lipinski definition) is 3. The number of allylic oxidation sites excluding steroid dienone is 9. The van der Waals surface area contributed by atoms with E-state index in [4.69, 9.17) is 9.98 Å². The third-order valence-corrected chi connectivity index (χ3v) is 8.53. The van der Waals surface area contributed by atoms with Crippen LogP contribution in [0.2, 0.25) is 0 Å². The van der Waals surface area contributed by atoms with Gasteiger partial charge in [0.15, 0.2) is 6.17 Å². The Labute approximate surface area is 239 Å². The molecule has 0 bridgehead atoms. The van der Waals surface area contributed by atoms with Crippen molar-refractivity contribution < 1.29 is 0 Å². The fourth-order valence-electron chi connectivity index (χ4n) is 6.29. The largest absolute Gasteiger partial charge is 0.324 e. The molecule has 3 nitrogen and oxygen atoms in total. The first-order valence-corrected chi connectivity index (χ1v) is 14.8. The molecular formula is C37H39N3. The van der Waals surface area contributed by atoms with Crippen LogP contribution in [0.15, 0.2) is 124 Å². The average Bonchev–Trinajstić information content (AvgIpc) is 3.23. The highest BCUT2D eigenvalue weighted by atomic mass is 15.2. The molecule has 3 aliphatic carbocycles. The van der Waals surface area contributed by atoms with E-state index in [0.717, 1.165) is 61.3 Å². The Morgan fingerprint density at radius 3 is 2.52 bits per heavy atom. The van der Waals surface area contributed by atoms with Crippen molar-refractivity contribution in [3.8, 4) is 0 Å². The standard InChI is InChI=1S/C37H39N3/c1-4-30-31-19-11-12-20-33(31)37(2,3)32(30)21-13-14-26-22-24-29(25-23-26)36-39-34(27-15-7-5-8-16-27)38-35(40-36)28-17-9-6-10-18-28/h5,7,9,11-13,15,17-25,34H,4,6,8,10,14,16H2,1-3H3,(H,38,39,40)/b21-13-. The smallest absolute Gasteiger partial charge is 0.166 e. The highest BCUT2D eigenvalue weighted by Crippen LogP contribution is 2.47. The van der Waals surface area contributed by atoms with Crippen LogP contribution < -0.4 is 5.32 Å². The van der Waals surface area contributed by atoms with Gasteiger partial charge in [0.05, 0.1) is 0 Å². The van der Waals surface area contributed by atoms with E-state index in [0.29, 0.717) is 0 Å². The van der Waals surface area contributed by atoms with Crippen molar-refractivity contribution >= 4 is 17.2 Å². The number of fused-ring (bicyclic) bond motifs is 1. The number of benzene rings is 2. The van der Waals surface area contributed by atoms with Crippen molar-refractivity contribution in [3.63, 3.8) is 0 Å². The topological polar surface area (TPSA) is 36.8 Å².